The van der Waals surface area contributed by atoms with E-state index < -0.39 is 5.54 Å². The van der Waals surface area contributed by atoms with Gasteiger partial charge in [-0.1, -0.05) is 13.8 Å². The molecule has 0 spiro atoms. The van der Waals surface area contributed by atoms with Crippen molar-refractivity contribution in [3.8, 4) is 6.07 Å². The van der Waals surface area contributed by atoms with Gasteiger partial charge in [0.15, 0.2) is 0 Å². The van der Waals surface area contributed by atoms with Gasteiger partial charge >= 0.3 is 0 Å². The highest BCUT2D eigenvalue weighted by Crippen LogP contribution is 2.25. The second kappa shape index (κ2) is 6.54. The van der Waals surface area contributed by atoms with Crippen LogP contribution in [0.5, 0.6) is 0 Å². The normalized spacial score (nSPS) is 22.1. The van der Waals surface area contributed by atoms with Gasteiger partial charge in [-0.05, 0) is 58.5 Å². The lowest BCUT2D eigenvalue weighted by molar-refractivity contribution is 0.133. The number of nitriles is 1. The Morgan fingerprint density at radius 1 is 1.28 bits per heavy atom. The summed E-state index contributed by atoms with van der Waals surface area (Å²) in [6, 6.07) is 2.79. The van der Waals surface area contributed by atoms with Crippen LogP contribution in [0.2, 0.25) is 0 Å². The van der Waals surface area contributed by atoms with Gasteiger partial charge in [0.2, 0.25) is 0 Å². The first-order chi connectivity index (χ1) is 8.36. The molecule has 1 heterocycles. The zero-order valence-electron chi connectivity index (χ0n) is 12.7. The van der Waals surface area contributed by atoms with Crippen molar-refractivity contribution in [3.05, 3.63) is 0 Å². The van der Waals surface area contributed by atoms with Crippen LogP contribution < -0.4 is 5.32 Å². The van der Waals surface area contributed by atoms with E-state index in [1.807, 2.05) is 6.92 Å². The molecule has 1 fully saturated rings. The average molecular weight is 251 g/mol. The predicted molar refractivity (Wildman–Crippen MR) is 76.3 cm³/mol. The molecule has 1 saturated heterocycles. The summed E-state index contributed by atoms with van der Waals surface area (Å²) in [6.07, 6.45) is 2.56. The van der Waals surface area contributed by atoms with Gasteiger partial charge in [-0.3, -0.25) is 5.32 Å². The number of piperidine rings is 1. The van der Waals surface area contributed by atoms with Gasteiger partial charge in [-0.25, -0.2) is 0 Å². The first-order valence-electron chi connectivity index (χ1n) is 7.27. The third-order valence-electron chi connectivity index (χ3n) is 3.97. The van der Waals surface area contributed by atoms with Gasteiger partial charge in [0.25, 0.3) is 0 Å². The van der Waals surface area contributed by atoms with Crippen LogP contribution in [0.4, 0.5) is 0 Å². The van der Waals surface area contributed by atoms with Crippen molar-refractivity contribution in [3.63, 3.8) is 0 Å². The van der Waals surface area contributed by atoms with E-state index in [0.717, 1.165) is 31.5 Å². The summed E-state index contributed by atoms with van der Waals surface area (Å²) >= 11 is 0. The maximum absolute atomic E-state index is 9.37. The van der Waals surface area contributed by atoms with Crippen molar-refractivity contribution in [2.45, 2.75) is 59.0 Å². The number of hydrogen-bond acceptors (Lipinski definition) is 3. The van der Waals surface area contributed by atoms with Crippen LogP contribution in [0.1, 0.15) is 47.5 Å². The Labute approximate surface area is 113 Å². The highest BCUT2D eigenvalue weighted by Gasteiger charge is 2.30. The van der Waals surface area contributed by atoms with Crippen LogP contribution in [-0.2, 0) is 0 Å². The molecule has 0 aliphatic carbocycles. The molecule has 3 heteroatoms. The van der Waals surface area contributed by atoms with E-state index in [1.54, 1.807) is 0 Å². The Balaban J connectivity index is 2.46. The first-order valence-corrected chi connectivity index (χ1v) is 7.27. The van der Waals surface area contributed by atoms with Crippen molar-refractivity contribution in [2.24, 2.45) is 11.8 Å². The monoisotopic (exact) mass is 251 g/mol. The number of nitrogens with one attached hydrogen (secondary N) is 1. The summed E-state index contributed by atoms with van der Waals surface area (Å²) in [4.78, 5) is 2.44. The predicted octanol–water partition coefficient (Wildman–Crippen LogP) is 2.63. The molecular formula is C15H29N3. The van der Waals surface area contributed by atoms with E-state index >= 15 is 0 Å². The Hall–Kier alpha value is -0.590. The molecule has 0 aromatic heterocycles. The van der Waals surface area contributed by atoms with Crippen LogP contribution in [-0.4, -0.2) is 36.1 Å². The zero-order chi connectivity index (χ0) is 13.8. The van der Waals surface area contributed by atoms with E-state index in [9.17, 15) is 5.26 Å². The van der Waals surface area contributed by atoms with Gasteiger partial charge < -0.3 is 4.90 Å². The lowest BCUT2D eigenvalue weighted by Crippen LogP contribution is -2.54. The Morgan fingerprint density at radius 2 is 1.83 bits per heavy atom. The summed E-state index contributed by atoms with van der Waals surface area (Å²) in [5, 5.41) is 12.8. The molecule has 0 aromatic rings. The van der Waals surface area contributed by atoms with Crippen molar-refractivity contribution < 1.29 is 0 Å². The molecule has 18 heavy (non-hydrogen) atoms. The number of likely N-dealkylation sites (tertiary alicyclic amines) is 1. The minimum absolute atomic E-state index is 0.350. The fourth-order valence-electron chi connectivity index (χ4n) is 2.98. The van der Waals surface area contributed by atoms with E-state index in [2.05, 4.69) is 44.0 Å². The number of hydrogen-bond donors (Lipinski definition) is 1. The molecule has 0 saturated carbocycles. The molecule has 104 valence electrons. The van der Waals surface area contributed by atoms with Gasteiger partial charge in [0, 0.05) is 12.6 Å². The van der Waals surface area contributed by atoms with Crippen molar-refractivity contribution >= 4 is 0 Å². The van der Waals surface area contributed by atoms with Crippen LogP contribution in [0.25, 0.3) is 0 Å². The molecule has 1 aliphatic rings. The summed E-state index contributed by atoms with van der Waals surface area (Å²) in [6.45, 7) is 14.0. The summed E-state index contributed by atoms with van der Waals surface area (Å²) in [5.41, 5.74) is -0.418. The van der Waals surface area contributed by atoms with E-state index in [1.165, 1.54) is 12.8 Å². The van der Waals surface area contributed by atoms with Gasteiger partial charge in [-0.2, -0.15) is 5.26 Å². The van der Waals surface area contributed by atoms with Crippen molar-refractivity contribution in [1.29, 1.82) is 5.26 Å². The molecule has 0 bridgehead atoms. The van der Waals surface area contributed by atoms with Crippen LogP contribution in [0.3, 0.4) is 0 Å². The highest BCUT2D eigenvalue weighted by molar-refractivity contribution is 5.06. The average Bonchev–Trinajstić information content (AvgIpc) is 2.28. The Bertz CT molecular complexity index is 285. The smallest absolute Gasteiger partial charge is 0.116 e. The minimum atomic E-state index is -0.418. The van der Waals surface area contributed by atoms with E-state index in [-0.39, 0.29) is 0 Å². The fourth-order valence-corrected chi connectivity index (χ4v) is 2.98. The molecule has 1 atom stereocenters. The topological polar surface area (TPSA) is 39.1 Å². The molecule has 0 aromatic carbocycles. The van der Waals surface area contributed by atoms with Crippen LogP contribution >= 0.6 is 0 Å². The maximum Gasteiger partial charge on any atom is 0.116 e. The highest BCUT2D eigenvalue weighted by atomic mass is 15.2. The Kier molecular flexibility index (Phi) is 5.62. The largest absolute Gasteiger partial charge is 0.300 e. The summed E-state index contributed by atoms with van der Waals surface area (Å²) < 4.78 is 0. The molecular weight excluding hydrogens is 222 g/mol. The standard InChI is InChI=1S/C15H29N3/c1-12(2)14-6-8-18(9-7-14)11-15(5,10-16)17-13(3)4/h12-14,17H,6-9,11H2,1-5H3. The number of nitrogens with zero attached hydrogens (tertiary/aromatic N) is 2. The quantitative estimate of drug-likeness (QED) is 0.816. The molecule has 1 N–H and O–H groups in total. The van der Waals surface area contributed by atoms with Crippen LogP contribution in [0, 0.1) is 23.2 Å². The van der Waals surface area contributed by atoms with Crippen molar-refractivity contribution in [1.82, 2.24) is 10.2 Å². The molecule has 1 rings (SSSR count). The SMILES string of the molecule is CC(C)NC(C)(C#N)CN1CCC(C(C)C)CC1. The van der Waals surface area contributed by atoms with Crippen LogP contribution in [0.15, 0.2) is 0 Å². The second-order valence-electron chi connectivity index (χ2n) is 6.60. The number of rotatable bonds is 5. The summed E-state index contributed by atoms with van der Waals surface area (Å²) in [7, 11) is 0. The molecule has 0 radical (unpaired) electrons. The summed E-state index contributed by atoms with van der Waals surface area (Å²) in [5.74, 6) is 1.66. The molecule has 1 aliphatic heterocycles. The van der Waals surface area contributed by atoms with Gasteiger partial charge in [0.05, 0.1) is 6.07 Å². The third-order valence-corrected chi connectivity index (χ3v) is 3.97. The zero-order valence-corrected chi connectivity index (χ0v) is 12.7. The van der Waals surface area contributed by atoms with Gasteiger partial charge in [0.1, 0.15) is 5.54 Å². The minimum Gasteiger partial charge on any atom is -0.300 e. The molecule has 1 unspecified atom stereocenters. The second-order valence-corrected chi connectivity index (χ2v) is 6.60. The van der Waals surface area contributed by atoms with E-state index in [4.69, 9.17) is 0 Å². The fraction of sp³-hybridized carbons (Fsp3) is 0.933. The maximum atomic E-state index is 9.37. The third kappa shape index (κ3) is 4.59. The van der Waals surface area contributed by atoms with Gasteiger partial charge in [-0.15, -0.1) is 0 Å². The lowest BCUT2D eigenvalue weighted by Gasteiger charge is -2.38. The molecule has 0 amide bonds. The lowest BCUT2D eigenvalue weighted by atomic mass is 9.86. The molecule has 3 nitrogen and oxygen atoms in total. The van der Waals surface area contributed by atoms with E-state index in [0.29, 0.717) is 6.04 Å². The first kappa shape index (κ1) is 15.5. The Morgan fingerprint density at radius 3 is 2.22 bits per heavy atom. The van der Waals surface area contributed by atoms with Crippen molar-refractivity contribution in [2.75, 3.05) is 19.6 Å².